The summed E-state index contributed by atoms with van der Waals surface area (Å²) in [6.45, 7) is 5.57. The number of amides is 2. The van der Waals surface area contributed by atoms with Crippen molar-refractivity contribution in [2.45, 2.75) is 33.1 Å². The molecule has 1 aromatic heterocycles. The molecule has 5 rings (SSSR count). The van der Waals surface area contributed by atoms with E-state index in [0.29, 0.717) is 32.5 Å². The number of aryl methyl sites for hydroxylation is 2. The van der Waals surface area contributed by atoms with Crippen LogP contribution in [0.25, 0.3) is 11.0 Å². The quantitative estimate of drug-likeness (QED) is 0.619. The van der Waals surface area contributed by atoms with E-state index in [1.165, 1.54) is 0 Å². The van der Waals surface area contributed by atoms with E-state index in [-0.39, 0.29) is 36.0 Å². The predicted octanol–water partition coefficient (Wildman–Crippen LogP) is 3.59. The summed E-state index contributed by atoms with van der Waals surface area (Å²) in [5.41, 5.74) is 4.79. The highest BCUT2D eigenvalue weighted by molar-refractivity contribution is 6.00. The molecule has 2 saturated heterocycles. The number of likely N-dealkylation sites (tertiary alicyclic amines) is 1. The maximum absolute atomic E-state index is 13.2. The van der Waals surface area contributed by atoms with E-state index in [9.17, 15) is 14.4 Å². The van der Waals surface area contributed by atoms with Gasteiger partial charge in [-0.25, -0.2) is 4.98 Å². The van der Waals surface area contributed by atoms with E-state index in [1.54, 1.807) is 15.8 Å². The van der Waals surface area contributed by atoms with Crippen molar-refractivity contribution in [3.8, 4) is 0 Å². The van der Waals surface area contributed by atoms with Crippen molar-refractivity contribution >= 4 is 34.4 Å². The van der Waals surface area contributed by atoms with Crippen LogP contribution in [0.1, 0.15) is 35.2 Å². The maximum Gasteiger partial charge on any atom is 0.235 e. The molecular weight excluding hydrogens is 416 g/mol. The Morgan fingerprint density at radius 1 is 0.939 bits per heavy atom. The number of para-hydroxylation sites is 1. The number of imidazole rings is 1. The number of hydrogen-bond donors (Lipinski definition) is 0. The highest BCUT2D eigenvalue weighted by Crippen LogP contribution is 2.29. The first-order valence-electron chi connectivity index (χ1n) is 11.5. The Morgan fingerprint density at radius 3 is 2.36 bits per heavy atom. The number of carbonyl (C=O) groups is 3. The Hall–Kier alpha value is -3.48. The molecule has 0 radical (unpaired) electrons. The number of carbonyl (C=O) groups excluding carboxylic acids is 3. The number of aromatic nitrogens is 2. The van der Waals surface area contributed by atoms with Gasteiger partial charge in [0, 0.05) is 37.7 Å². The average molecular weight is 445 g/mol. The first-order valence-corrected chi connectivity index (χ1v) is 11.5. The number of rotatable bonds is 3. The highest BCUT2D eigenvalue weighted by atomic mass is 16.2. The molecule has 7 nitrogen and oxygen atoms in total. The fourth-order valence-electron chi connectivity index (χ4n) is 4.97. The lowest BCUT2D eigenvalue weighted by atomic mass is 9.94. The highest BCUT2D eigenvalue weighted by Gasteiger charge is 2.38. The molecule has 2 aliphatic rings. The van der Waals surface area contributed by atoms with Crippen LogP contribution in [0.2, 0.25) is 0 Å². The predicted molar refractivity (Wildman–Crippen MR) is 126 cm³/mol. The Kier molecular flexibility index (Phi) is 5.48. The van der Waals surface area contributed by atoms with Crippen molar-refractivity contribution < 1.29 is 14.4 Å². The second-order valence-electron chi connectivity index (χ2n) is 9.22. The number of benzene rings is 2. The molecule has 33 heavy (non-hydrogen) atoms. The molecule has 0 N–H and O–H groups in total. The Morgan fingerprint density at radius 2 is 1.64 bits per heavy atom. The van der Waals surface area contributed by atoms with Crippen LogP contribution < -0.4 is 4.90 Å². The molecular formula is C26H28N4O3. The number of hydrogen-bond acceptors (Lipinski definition) is 4. The average Bonchev–Trinajstić information content (AvgIpc) is 3.42. The molecule has 2 amide bonds. The topological polar surface area (TPSA) is 75.5 Å². The van der Waals surface area contributed by atoms with Gasteiger partial charge in [-0.3, -0.25) is 19.0 Å². The molecule has 2 aliphatic heterocycles. The third-order valence-electron chi connectivity index (χ3n) is 7.10. The molecule has 2 fully saturated rings. The Balaban J connectivity index is 1.22. The summed E-state index contributed by atoms with van der Waals surface area (Å²) < 4.78 is 1.66. The Bertz CT molecular complexity index is 1230. The lowest BCUT2D eigenvalue weighted by Gasteiger charge is -2.33. The Labute approximate surface area is 193 Å². The summed E-state index contributed by atoms with van der Waals surface area (Å²) >= 11 is 0. The van der Waals surface area contributed by atoms with Gasteiger partial charge in [0.15, 0.2) is 0 Å². The van der Waals surface area contributed by atoms with Gasteiger partial charge in [-0.1, -0.05) is 18.2 Å². The van der Waals surface area contributed by atoms with Crippen LogP contribution in [0.3, 0.4) is 0 Å². The van der Waals surface area contributed by atoms with E-state index in [0.717, 1.165) is 27.8 Å². The smallest absolute Gasteiger partial charge is 0.235 e. The van der Waals surface area contributed by atoms with Crippen LogP contribution in [-0.2, 0) is 9.59 Å². The summed E-state index contributed by atoms with van der Waals surface area (Å²) in [5, 5.41) is 0. The van der Waals surface area contributed by atoms with Crippen molar-refractivity contribution in [1.82, 2.24) is 14.5 Å². The van der Waals surface area contributed by atoms with Crippen molar-refractivity contribution in [3.63, 3.8) is 0 Å². The fraction of sp³-hybridized carbons (Fsp3) is 0.385. The van der Waals surface area contributed by atoms with Crippen LogP contribution in [-0.4, -0.2) is 51.8 Å². The minimum atomic E-state index is -0.325. The zero-order valence-electron chi connectivity index (χ0n) is 19.0. The summed E-state index contributed by atoms with van der Waals surface area (Å²) in [4.78, 5) is 46.8. The molecule has 1 unspecified atom stereocenters. The van der Waals surface area contributed by atoms with Gasteiger partial charge < -0.3 is 9.80 Å². The van der Waals surface area contributed by atoms with Crippen LogP contribution in [0, 0.1) is 25.7 Å². The van der Waals surface area contributed by atoms with Gasteiger partial charge in [0.2, 0.25) is 17.7 Å². The molecule has 170 valence electrons. The van der Waals surface area contributed by atoms with E-state index >= 15 is 0 Å². The van der Waals surface area contributed by atoms with Gasteiger partial charge >= 0.3 is 0 Å². The van der Waals surface area contributed by atoms with Crippen molar-refractivity contribution in [1.29, 1.82) is 0 Å². The van der Waals surface area contributed by atoms with Crippen molar-refractivity contribution in [2.75, 3.05) is 24.5 Å². The minimum absolute atomic E-state index is 0.0119. The van der Waals surface area contributed by atoms with Crippen LogP contribution >= 0.6 is 0 Å². The molecule has 7 heteroatoms. The van der Waals surface area contributed by atoms with Gasteiger partial charge in [-0.2, -0.15) is 0 Å². The molecule has 0 saturated carbocycles. The SMILES string of the molecule is Cc1cc2ncn(C(=O)C3CCN(C(=O)C4CC(=O)N(c5ccccc5)C4)CC3)c2cc1C. The van der Waals surface area contributed by atoms with Gasteiger partial charge in [-0.15, -0.1) is 0 Å². The van der Waals surface area contributed by atoms with Gasteiger partial charge in [0.1, 0.15) is 6.33 Å². The lowest BCUT2D eigenvalue weighted by molar-refractivity contribution is -0.137. The number of piperidine rings is 1. The standard InChI is InChI=1S/C26H28N4O3/c1-17-12-22-23(13-18(17)2)30(16-27-22)26(33)19-8-10-28(11-9-19)25(32)20-14-24(31)29(15-20)21-6-4-3-5-7-21/h3-7,12-13,16,19-20H,8-11,14-15H2,1-2H3. The van der Waals surface area contributed by atoms with Crippen molar-refractivity contribution in [3.05, 3.63) is 59.9 Å². The number of fused-ring (bicyclic) bond motifs is 1. The second-order valence-corrected chi connectivity index (χ2v) is 9.22. The van der Waals surface area contributed by atoms with Gasteiger partial charge in [0.05, 0.1) is 17.0 Å². The first-order chi connectivity index (χ1) is 15.9. The van der Waals surface area contributed by atoms with Crippen LogP contribution in [0.5, 0.6) is 0 Å². The lowest BCUT2D eigenvalue weighted by Crippen LogP contribution is -2.44. The number of nitrogens with zero attached hydrogens (tertiary/aromatic N) is 4. The van der Waals surface area contributed by atoms with Crippen molar-refractivity contribution in [2.24, 2.45) is 11.8 Å². The van der Waals surface area contributed by atoms with Crippen LogP contribution in [0.15, 0.2) is 48.8 Å². The summed E-state index contributed by atoms with van der Waals surface area (Å²) in [7, 11) is 0. The normalized spacial score (nSPS) is 19.5. The zero-order chi connectivity index (χ0) is 23.1. The summed E-state index contributed by atoms with van der Waals surface area (Å²) in [5.74, 6) is -0.416. The van der Waals surface area contributed by atoms with Gasteiger partial charge in [-0.05, 0) is 62.1 Å². The first kappa shape index (κ1) is 21.4. The minimum Gasteiger partial charge on any atom is -0.342 e. The van der Waals surface area contributed by atoms with E-state index < -0.39 is 0 Å². The van der Waals surface area contributed by atoms with E-state index in [4.69, 9.17) is 0 Å². The molecule has 1 atom stereocenters. The molecule has 0 bridgehead atoms. The molecule has 2 aromatic carbocycles. The maximum atomic E-state index is 13.2. The molecule has 3 aromatic rings. The monoisotopic (exact) mass is 444 g/mol. The molecule has 0 aliphatic carbocycles. The largest absolute Gasteiger partial charge is 0.342 e. The fourth-order valence-corrected chi connectivity index (χ4v) is 4.97. The molecule has 3 heterocycles. The van der Waals surface area contributed by atoms with Gasteiger partial charge in [0.25, 0.3) is 0 Å². The van der Waals surface area contributed by atoms with E-state index in [1.807, 2.05) is 61.2 Å². The summed E-state index contributed by atoms with van der Waals surface area (Å²) in [6.07, 6.45) is 3.11. The third-order valence-corrected chi connectivity index (χ3v) is 7.10. The van der Waals surface area contributed by atoms with E-state index in [2.05, 4.69) is 4.98 Å². The second kappa shape index (κ2) is 8.46. The molecule has 0 spiro atoms. The third kappa shape index (κ3) is 3.92. The van der Waals surface area contributed by atoms with Crippen LogP contribution in [0.4, 0.5) is 5.69 Å². The number of anilines is 1. The zero-order valence-corrected chi connectivity index (χ0v) is 19.0. The summed E-state index contributed by atoms with van der Waals surface area (Å²) in [6, 6.07) is 13.5.